The zero-order valence-corrected chi connectivity index (χ0v) is 23.9. The van der Waals surface area contributed by atoms with Crippen molar-refractivity contribution in [1.82, 2.24) is 10.2 Å². The average Bonchev–Trinajstić information content (AvgIpc) is 2.99. The number of hydrogen-bond donors (Lipinski definition) is 2. The van der Waals surface area contributed by atoms with Crippen molar-refractivity contribution in [3.05, 3.63) is 0 Å². The largest absolute Gasteiger partial charge is 0.373 e. The number of aliphatic hydroxyl groups excluding tert-OH is 1. The Balaban J connectivity index is 2.56. The number of nitrogens with zero attached hydrogens (tertiary/aromatic N) is 1. The maximum Gasteiger partial charge on any atom is 0.231 e. The van der Waals surface area contributed by atoms with Crippen molar-refractivity contribution in [1.29, 1.82) is 0 Å². The van der Waals surface area contributed by atoms with E-state index in [0.29, 0.717) is 12.3 Å². The van der Waals surface area contributed by atoms with Crippen LogP contribution in [0.4, 0.5) is 0 Å². The van der Waals surface area contributed by atoms with Gasteiger partial charge in [0.1, 0.15) is 6.23 Å². The third kappa shape index (κ3) is 5.17. The predicted molar refractivity (Wildman–Crippen MR) is 140 cm³/mol. The van der Waals surface area contributed by atoms with E-state index >= 15 is 0 Å². The second-order valence-corrected chi connectivity index (χ2v) is 13.4. The van der Waals surface area contributed by atoms with E-state index in [2.05, 4.69) is 81.5 Å². The fourth-order valence-corrected chi connectivity index (χ4v) is 7.73. The molecule has 0 aromatic rings. The highest BCUT2D eigenvalue weighted by Gasteiger charge is 2.62. The van der Waals surface area contributed by atoms with Gasteiger partial charge in [-0.15, -0.1) is 0 Å². The molecular weight excluding hydrogens is 408 g/mol. The monoisotopic (exact) mass is 464 g/mol. The minimum Gasteiger partial charge on any atom is -0.373 e. The van der Waals surface area contributed by atoms with E-state index in [1.165, 1.54) is 0 Å². The fourth-order valence-electron chi connectivity index (χ4n) is 7.73. The van der Waals surface area contributed by atoms with Gasteiger partial charge in [-0.05, 0) is 76.5 Å². The van der Waals surface area contributed by atoms with Crippen molar-refractivity contribution in [2.75, 3.05) is 0 Å². The number of rotatable bonds is 10. The van der Waals surface area contributed by atoms with Gasteiger partial charge >= 0.3 is 0 Å². The highest BCUT2D eigenvalue weighted by atomic mass is 16.3. The van der Waals surface area contributed by atoms with Gasteiger partial charge in [0.2, 0.25) is 5.91 Å². The van der Waals surface area contributed by atoms with Gasteiger partial charge < -0.3 is 15.3 Å². The van der Waals surface area contributed by atoms with Crippen LogP contribution in [-0.4, -0.2) is 39.3 Å². The molecule has 1 amide bonds. The summed E-state index contributed by atoms with van der Waals surface area (Å²) in [6.45, 7) is 25.0. The third-order valence-corrected chi connectivity index (χ3v) is 10.5. The molecule has 0 bridgehead atoms. The molecule has 33 heavy (non-hydrogen) atoms. The molecule has 194 valence electrons. The Labute approximate surface area is 205 Å². The Kier molecular flexibility index (Phi) is 8.50. The summed E-state index contributed by atoms with van der Waals surface area (Å²) < 4.78 is 0. The molecule has 0 spiro atoms. The maximum absolute atomic E-state index is 14.6. The first-order valence-corrected chi connectivity index (χ1v) is 13.9. The van der Waals surface area contributed by atoms with Crippen molar-refractivity contribution < 1.29 is 9.90 Å². The van der Waals surface area contributed by atoms with Crippen molar-refractivity contribution >= 4 is 5.91 Å². The molecule has 2 fully saturated rings. The van der Waals surface area contributed by atoms with Gasteiger partial charge in [-0.3, -0.25) is 4.79 Å². The fraction of sp³-hybridized carbons (Fsp3) is 0.966. The van der Waals surface area contributed by atoms with Crippen LogP contribution in [-0.2, 0) is 4.79 Å². The lowest BCUT2D eigenvalue weighted by atomic mass is 9.54. The predicted octanol–water partition coefficient (Wildman–Crippen LogP) is 6.90. The van der Waals surface area contributed by atoms with E-state index in [4.69, 9.17) is 0 Å². The molecule has 4 heteroatoms. The molecule has 2 heterocycles. The Hall–Kier alpha value is -0.610. The average molecular weight is 465 g/mol. The number of likely N-dealkylation sites (tertiary alicyclic amines) is 1. The Morgan fingerprint density at radius 2 is 1.42 bits per heavy atom. The van der Waals surface area contributed by atoms with E-state index in [9.17, 15) is 9.90 Å². The summed E-state index contributed by atoms with van der Waals surface area (Å²) in [7, 11) is 0. The van der Waals surface area contributed by atoms with E-state index < -0.39 is 11.6 Å². The second-order valence-electron chi connectivity index (χ2n) is 13.4. The molecule has 0 saturated carbocycles. The van der Waals surface area contributed by atoms with Crippen LogP contribution in [0.1, 0.15) is 134 Å². The molecule has 2 aliphatic rings. The van der Waals surface area contributed by atoms with Gasteiger partial charge in [-0.1, -0.05) is 67.7 Å². The van der Waals surface area contributed by atoms with Gasteiger partial charge in [0, 0.05) is 23.5 Å². The molecule has 0 radical (unpaired) electrons. The minimum atomic E-state index is -0.684. The van der Waals surface area contributed by atoms with Crippen LogP contribution in [0.25, 0.3) is 0 Å². The molecule has 0 aromatic carbocycles. The Bertz CT molecular complexity index is 661. The molecule has 0 aliphatic carbocycles. The van der Waals surface area contributed by atoms with E-state index in [1.54, 1.807) is 0 Å². The lowest BCUT2D eigenvalue weighted by Gasteiger charge is -2.51. The highest BCUT2D eigenvalue weighted by Crippen LogP contribution is 2.59. The van der Waals surface area contributed by atoms with Gasteiger partial charge in [0.25, 0.3) is 0 Å². The molecule has 2 N–H and O–H groups in total. The number of aliphatic hydroxyl groups is 1. The minimum absolute atomic E-state index is 0.0641. The van der Waals surface area contributed by atoms with E-state index in [-0.39, 0.29) is 33.9 Å². The smallest absolute Gasteiger partial charge is 0.231 e. The van der Waals surface area contributed by atoms with Gasteiger partial charge in [0.15, 0.2) is 0 Å². The lowest BCUT2D eigenvalue weighted by molar-refractivity contribution is -0.152. The molecule has 3 unspecified atom stereocenters. The first-order valence-electron chi connectivity index (χ1n) is 13.9. The van der Waals surface area contributed by atoms with Crippen LogP contribution in [0.15, 0.2) is 0 Å². The zero-order valence-electron chi connectivity index (χ0n) is 23.9. The summed E-state index contributed by atoms with van der Waals surface area (Å²) in [5, 5.41) is 15.3. The molecule has 0 aromatic heterocycles. The van der Waals surface area contributed by atoms with Gasteiger partial charge in [0.05, 0.1) is 5.41 Å². The molecule has 3 atom stereocenters. The van der Waals surface area contributed by atoms with Crippen LogP contribution >= 0.6 is 0 Å². The van der Waals surface area contributed by atoms with Crippen molar-refractivity contribution in [3.63, 3.8) is 0 Å². The van der Waals surface area contributed by atoms with Crippen LogP contribution < -0.4 is 5.32 Å². The maximum atomic E-state index is 14.6. The number of piperidine rings is 1. The van der Waals surface area contributed by atoms with Crippen LogP contribution in [0.3, 0.4) is 0 Å². The topological polar surface area (TPSA) is 52.6 Å². The number of nitrogens with one attached hydrogen (secondary N) is 1. The van der Waals surface area contributed by atoms with Gasteiger partial charge in [-0.25, -0.2) is 0 Å². The number of hydrogen-bond acceptors (Lipinski definition) is 3. The molecule has 2 saturated heterocycles. The Morgan fingerprint density at radius 3 is 1.82 bits per heavy atom. The van der Waals surface area contributed by atoms with Crippen LogP contribution in [0.2, 0.25) is 0 Å². The summed E-state index contributed by atoms with van der Waals surface area (Å²) in [5.41, 5.74) is -0.521. The van der Waals surface area contributed by atoms with E-state index in [1.807, 2.05) is 4.90 Å². The molecule has 4 nitrogen and oxygen atoms in total. The third-order valence-electron chi connectivity index (χ3n) is 10.5. The quantitative estimate of drug-likeness (QED) is 0.369. The first-order chi connectivity index (χ1) is 15.1. The highest BCUT2D eigenvalue weighted by molar-refractivity contribution is 5.86. The van der Waals surface area contributed by atoms with Crippen molar-refractivity contribution in [2.45, 2.75) is 157 Å². The summed E-state index contributed by atoms with van der Waals surface area (Å²) in [6.07, 6.45) is 7.81. The summed E-state index contributed by atoms with van der Waals surface area (Å²) in [5.74, 6) is 0.703. The molecular formula is C29H56N2O2. The van der Waals surface area contributed by atoms with Crippen molar-refractivity contribution in [3.8, 4) is 0 Å². The Morgan fingerprint density at radius 1 is 0.939 bits per heavy atom. The number of carbonyl (C=O) groups is 1. The first kappa shape index (κ1) is 28.6. The van der Waals surface area contributed by atoms with E-state index in [0.717, 1.165) is 51.4 Å². The van der Waals surface area contributed by atoms with Crippen LogP contribution in [0.5, 0.6) is 0 Å². The standard InChI is InChI=1S/C29H56N2O2/c1-12-21(27(10,13-2)14-3)17-29(28(11,15-4)16-5)20-23(32)31(24(29)33)22-18-25(6,7)30-26(8,9)19-22/h21-23,30,32H,12-20H2,1-11H3. The molecule has 2 aliphatic heterocycles. The summed E-state index contributed by atoms with van der Waals surface area (Å²) >= 11 is 0. The summed E-state index contributed by atoms with van der Waals surface area (Å²) in [4.78, 5) is 16.6. The molecule has 2 rings (SSSR count). The lowest BCUT2D eigenvalue weighted by Crippen LogP contribution is -2.63. The number of carbonyl (C=O) groups excluding carboxylic acids is 1. The SMILES string of the molecule is CCC(CC1(C(C)(CC)CC)CC(O)N(C2CC(C)(C)NC(C)(C)C2)C1=O)C(C)(CC)CC. The van der Waals surface area contributed by atoms with Crippen LogP contribution in [0, 0.1) is 22.2 Å². The number of amides is 1. The second kappa shape index (κ2) is 9.80. The zero-order chi connectivity index (χ0) is 25.5. The normalized spacial score (nSPS) is 29.5. The summed E-state index contributed by atoms with van der Waals surface area (Å²) in [6, 6.07) is 0.0717. The van der Waals surface area contributed by atoms with Crippen molar-refractivity contribution in [2.24, 2.45) is 22.2 Å². The van der Waals surface area contributed by atoms with Gasteiger partial charge in [-0.2, -0.15) is 0 Å².